The van der Waals surface area contributed by atoms with Gasteiger partial charge in [0.25, 0.3) is 0 Å². The van der Waals surface area contributed by atoms with Gasteiger partial charge >= 0.3 is 0 Å². The van der Waals surface area contributed by atoms with Crippen LogP contribution >= 0.6 is 15.9 Å². The molecule has 0 saturated carbocycles. The van der Waals surface area contributed by atoms with Crippen molar-refractivity contribution in [3.05, 3.63) is 28.2 Å². The average Bonchev–Trinajstić information content (AvgIpc) is 2.09. The molecule has 0 spiro atoms. The number of nitrogens with zero attached hydrogens (tertiary/aromatic N) is 1. The molecule has 0 unspecified atom stereocenters. The van der Waals surface area contributed by atoms with Crippen LogP contribution < -0.4 is 5.32 Å². The highest BCUT2D eigenvalue weighted by Gasteiger charge is 2.06. The summed E-state index contributed by atoms with van der Waals surface area (Å²) in [5.74, 6) is -1.16. The minimum absolute atomic E-state index is 0.0118. The van der Waals surface area contributed by atoms with Gasteiger partial charge in [0.2, 0.25) is 0 Å². The van der Waals surface area contributed by atoms with Crippen LogP contribution in [0, 0.1) is 23.0 Å². The number of halogens is 3. The smallest absolute Gasteiger partial charge is 0.147 e. The first-order valence-corrected chi connectivity index (χ1v) is 4.20. The molecule has 5 heteroatoms. The number of benzene rings is 1. The first-order chi connectivity index (χ1) is 6.15. The SMILES string of the molecule is N#CCNc1cc(F)c(Br)cc1F. The first-order valence-electron chi connectivity index (χ1n) is 3.40. The Labute approximate surface area is 82.3 Å². The number of nitriles is 1. The lowest BCUT2D eigenvalue weighted by molar-refractivity contribution is 0.597. The second-order valence-electron chi connectivity index (χ2n) is 2.26. The maximum Gasteiger partial charge on any atom is 0.147 e. The molecule has 0 fully saturated rings. The van der Waals surface area contributed by atoms with E-state index >= 15 is 0 Å². The third-order valence-corrected chi connectivity index (χ3v) is 1.98. The monoisotopic (exact) mass is 246 g/mol. The Morgan fingerprint density at radius 2 is 2.08 bits per heavy atom. The van der Waals surface area contributed by atoms with Gasteiger partial charge in [-0.3, -0.25) is 0 Å². The van der Waals surface area contributed by atoms with Crippen LogP contribution in [0.2, 0.25) is 0 Å². The van der Waals surface area contributed by atoms with Crippen molar-refractivity contribution in [2.24, 2.45) is 0 Å². The van der Waals surface area contributed by atoms with Gasteiger partial charge in [0.15, 0.2) is 0 Å². The highest BCUT2D eigenvalue weighted by Crippen LogP contribution is 2.22. The minimum Gasteiger partial charge on any atom is -0.370 e. The quantitative estimate of drug-likeness (QED) is 0.644. The summed E-state index contributed by atoms with van der Waals surface area (Å²) in [6.07, 6.45) is 0. The van der Waals surface area contributed by atoms with Crippen molar-refractivity contribution >= 4 is 21.6 Å². The van der Waals surface area contributed by atoms with Crippen LogP contribution in [0.15, 0.2) is 16.6 Å². The van der Waals surface area contributed by atoms with Crippen molar-refractivity contribution in [1.82, 2.24) is 0 Å². The van der Waals surface area contributed by atoms with Gasteiger partial charge in [-0.15, -0.1) is 0 Å². The number of hydrogen-bond donors (Lipinski definition) is 1. The van der Waals surface area contributed by atoms with E-state index in [0.29, 0.717) is 0 Å². The number of hydrogen-bond acceptors (Lipinski definition) is 2. The van der Waals surface area contributed by atoms with Gasteiger partial charge in [0.1, 0.15) is 18.2 Å². The maximum absolute atomic E-state index is 13.0. The summed E-state index contributed by atoms with van der Waals surface area (Å²) in [5.41, 5.74) is -0.0118. The molecule has 1 N–H and O–H groups in total. The van der Waals surface area contributed by atoms with E-state index < -0.39 is 11.6 Å². The van der Waals surface area contributed by atoms with Crippen LogP contribution in [-0.4, -0.2) is 6.54 Å². The molecule has 1 rings (SSSR count). The molecular formula is C8H5BrF2N2. The molecular weight excluding hydrogens is 242 g/mol. The molecule has 1 aromatic carbocycles. The second kappa shape index (κ2) is 4.19. The summed E-state index contributed by atoms with van der Waals surface area (Å²) in [5, 5.41) is 10.6. The molecule has 13 heavy (non-hydrogen) atoms. The topological polar surface area (TPSA) is 35.8 Å². The summed E-state index contributed by atoms with van der Waals surface area (Å²) < 4.78 is 25.9. The molecule has 2 nitrogen and oxygen atoms in total. The number of nitrogens with one attached hydrogen (secondary N) is 1. The second-order valence-corrected chi connectivity index (χ2v) is 3.11. The van der Waals surface area contributed by atoms with E-state index in [1.54, 1.807) is 6.07 Å². The molecule has 0 aliphatic rings. The molecule has 0 saturated heterocycles. The Balaban J connectivity index is 2.96. The summed E-state index contributed by atoms with van der Waals surface area (Å²) in [6, 6.07) is 3.77. The van der Waals surface area contributed by atoms with Gasteiger partial charge in [-0.1, -0.05) is 0 Å². The lowest BCUT2D eigenvalue weighted by Gasteiger charge is -2.04. The Morgan fingerprint density at radius 3 is 2.69 bits per heavy atom. The maximum atomic E-state index is 13.0. The Bertz CT molecular complexity index is 360. The fourth-order valence-corrected chi connectivity index (χ4v) is 1.11. The lowest BCUT2D eigenvalue weighted by Crippen LogP contribution is -2.01. The summed E-state index contributed by atoms with van der Waals surface area (Å²) in [4.78, 5) is 0. The van der Waals surface area contributed by atoms with Crippen molar-refractivity contribution in [3.8, 4) is 6.07 Å². The highest BCUT2D eigenvalue weighted by atomic mass is 79.9. The van der Waals surface area contributed by atoms with E-state index in [1.807, 2.05) is 0 Å². The van der Waals surface area contributed by atoms with E-state index in [9.17, 15) is 8.78 Å². The van der Waals surface area contributed by atoms with Gasteiger partial charge in [-0.05, 0) is 22.0 Å². The van der Waals surface area contributed by atoms with Crippen LogP contribution in [0.4, 0.5) is 14.5 Å². The molecule has 0 amide bonds. The molecule has 0 radical (unpaired) electrons. The predicted molar refractivity (Wildman–Crippen MR) is 48.2 cm³/mol. The largest absolute Gasteiger partial charge is 0.370 e. The molecule has 0 aliphatic carbocycles. The van der Waals surface area contributed by atoms with Crippen LogP contribution in [-0.2, 0) is 0 Å². The van der Waals surface area contributed by atoms with Gasteiger partial charge in [-0.25, -0.2) is 8.78 Å². The lowest BCUT2D eigenvalue weighted by atomic mass is 10.3. The predicted octanol–water partition coefficient (Wildman–Crippen LogP) is 2.66. The zero-order valence-electron chi connectivity index (χ0n) is 6.44. The fourth-order valence-electron chi connectivity index (χ4n) is 0.793. The van der Waals surface area contributed by atoms with E-state index in [2.05, 4.69) is 21.2 Å². The molecule has 68 valence electrons. The summed E-state index contributed by atoms with van der Waals surface area (Å²) in [6.45, 7) is -0.0575. The van der Waals surface area contributed by atoms with Crippen molar-refractivity contribution in [1.29, 1.82) is 5.26 Å². The standard InChI is InChI=1S/C8H5BrF2N2/c9-5-3-7(11)8(4-6(5)10)13-2-1-12/h3-4,13H,2H2. The fraction of sp³-hybridized carbons (Fsp3) is 0.125. The molecule has 0 atom stereocenters. The van der Waals surface area contributed by atoms with E-state index in [-0.39, 0.29) is 16.7 Å². The minimum atomic E-state index is -0.594. The third-order valence-electron chi connectivity index (χ3n) is 1.37. The van der Waals surface area contributed by atoms with Crippen LogP contribution in [0.1, 0.15) is 0 Å². The van der Waals surface area contributed by atoms with Crippen LogP contribution in [0.25, 0.3) is 0 Å². The first kappa shape index (κ1) is 9.93. The summed E-state index contributed by atoms with van der Waals surface area (Å²) in [7, 11) is 0. The molecule has 1 aromatic rings. The van der Waals surface area contributed by atoms with E-state index in [1.165, 1.54) is 0 Å². The van der Waals surface area contributed by atoms with Crippen LogP contribution in [0.5, 0.6) is 0 Å². The molecule has 0 heterocycles. The Kier molecular flexibility index (Phi) is 3.20. The van der Waals surface area contributed by atoms with E-state index in [0.717, 1.165) is 12.1 Å². The van der Waals surface area contributed by atoms with Crippen molar-refractivity contribution < 1.29 is 8.78 Å². The molecule has 0 bridgehead atoms. The van der Waals surface area contributed by atoms with Crippen LogP contribution in [0.3, 0.4) is 0 Å². The normalized spacial score (nSPS) is 9.38. The van der Waals surface area contributed by atoms with Gasteiger partial charge in [-0.2, -0.15) is 5.26 Å². The van der Waals surface area contributed by atoms with Crippen molar-refractivity contribution in [3.63, 3.8) is 0 Å². The third kappa shape index (κ3) is 2.39. The Hall–Kier alpha value is -1.15. The van der Waals surface area contributed by atoms with Crippen molar-refractivity contribution in [2.75, 3.05) is 11.9 Å². The molecule has 0 aliphatic heterocycles. The number of anilines is 1. The number of rotatable bonds is 2. The van der Waals surface area contributed by atoms with Crippen molar-refractivity contribution in [2.45, 2.75) is 0 Å². The van der Waals surface area contributed by atoms with Gasteiger partial charge in [0, 0.05) is 6.07 Å². The summed E-state index contributed by atoms with van der Waals surface area (Å²) >= 11 is 2.84. The zero-order valence-corrected chi connectivity index (χ0v) is 8.03. The van der Waals surface area contributed by atoms with Gasteiger partial charge in [0.05, 0.1) is 16.2 Å². The Morgan fingerprint density at radius 1 is 1.38 bits per heavy atom. The highest BCUT2D eigenvalue weighted by molar-refractivity contribution is 9.10. The average molecular weight is 247 g/mol. The molecule has 0 aromatic heterocycles. The van der Waals surface area contributed by atoms with E-state index in [4.69, 9.17) is 5.26 Å². The zero-order chi connectivity index (χ0) is 9.84. The van der Waals surface area contributed by atoms with Gasteiger partial charge < -0.3 is 5.32 Å².